The Kier molecular flexibility index (Phi) is 5.40. The third-order valence-corrected chi connectivity index (χ3v) is 4.27. The van der Waals surface area contributed by atoms with Gasteiger partial charge < -0.3 is 15.5 Å². The van der Waals surface area contributed by atoms with Crippen molar-refractivity contribution in [2.24, 2.45) is 5.92 Å². The Morgan fingerprint density at radius 3 is 2.40 bits per heavy atom. The minimum absolute atomic E-state index is 0.0147. The highest BCUT2D eigenvalue weighted by molar-refractivity contribution is 5.82. The van der Waals surface area contributed by atoms with Gasteiger partial charge >= 0.3 is 0 Å². The Morgan fingerprint density at radius 1 is 1.15 bits per heavy atom. The Hall–Kier alpha value is -1.10. The molecule has 0 radical (unpaired) electrons. The molecule has 2 fully saturated rings. The van der Waals surface area contributed by atoms with Crippen molar-refractivity contribution in [1.82, 2.24) is 15.5 Å². The summed E-state index contributed by atoms with van der Waals surface area (Å²) in [4.78, 5) is 26.0. The van der Waals surface area contributed by atoms with E-state index in [0.29, 0.717) is 0 Å². The summed E-state index contributed by atoms with van der Waals surface area (Å²) in [6.07, 6.45) is 4.98. The first-order valence-corrected chi connectivity index (χ1v) is 7.90. The van der Waals surface area contributed by atoms with E-state index in [9.17, 15) is 9.59 Å². The number of rotatable bonds is 3. The number of hydrogen-bond acceptors (Lipinski definition) is 3. The smallest absolute Gasteiger partial charge is 0.237 e. The Labute approximate surface area is 121 Å². The largest absolute Gasteiger partial charge is 0.352 e. The van der Waals surface area contributed by atoms with Crippen LogP contribution in [0.25, 0.3) is 0 Å². The summed E-state index contributed by atoms with van der Waals surface area (Å²) in [6.45, 7) is 6.34. The van der Waals surface area contributed by atoms with Crippen LogP contribution in [0.3, 0.4) is 0 Å². The van der Waals surface area contributed by atoms with Gasteiger partial charge in [-0.1, -0.05) is 20.3 Å². The molecule has 2 aliphatic heterocycles. The number of nitrogens with one attached hydrogen (secondary N) is 2. The van der Waals surface area contributed by atoms with Gasteiger partial charge in [-0.15, -0.1) is 0 Å². The highest BCUT2D eigenvalue weighted by atomic mass is 16.2. The molecule has 0 aromatic heterocycles. The van der Waals surface area contributed by atoms with Gasteiger partial charge in [0.15, 0.2) is 0 Å². The van der Waals surface area contributed by atoms with E-state index >= 15 is 0 Å². The number of hydrogen-bond donors (Lipinski definition) is 2. The monoisotopic (exact) mass is 281 g/mol. The molecular formula is C15H27N3O2. The molecular weight excluding hydrogens is 254 g/mol. The van der Waals surface area contributed by atoms with Crippen molar-refractivity contribution in [1.29, 1.82) is 0 Å². The zero-order valence-corrected chi connectivity index (χ0v) is 12.7. The average molecular weight is 281 g/mol. The quantitative estimate of drug-likeness (QED) is 0.808. The molecule has 0 aromatic carbocycles. The molecule has 0 spiro atoms. The van der Waals surface area contributed by atoms with E-state index in [0.717, 1.165) is 45.3 Å². The summed E-state index contributed by atoms with van der Waals surface area (Å²) < 4.78 is 0. The lowest BCUT2D eigenvalue weighted by molar-refractivity contribution is -0.135. The number of piperidine rings is 2. The maximum atomic E-state index is 12.1. The summed E-state index contributed by atoms with van der Waals surface area (Å²) in [7, 11) is 0. The van der Waals surface area contributed by atoms with Crippen LogP contribution in [0, 0.1) is 5.92 Å². The Balaban J connectivity index is 1.73. The van der Waals surface area contributed by atoms with E-state index in [1.54, 1.807) is 0 Å². The zero-order valence-electron chi connectivity index (χ0n) is 12.7. The summed E-state index contributed by atoms with van der Waals surface area (Å²) in [6, 6.07) is 0.210. The lowest BCUT2D eigenvalue weighted by Crippen LogP contribution is -2.53. The molecule has 2 rings (SSSR count). The lowest BCUT2D eigenvalue weighted by atomic mass is 10.0. The van der Waals surface area contributed by atoms with Crippen LogP contribution in [0.1, 0.15) is 46.0 Å². The third kappa shape index (κ3) is 3.95. The predicted octanol–water partition coefficient (Wildman–Crippen LogP) is 0.892. The number of carbonyl (C=O) groups is 2. The van der Waals surface area contributed by atoms with Gasteiger partial charge in [0.2, 0.25) is 11.8 Å². The van der Waals surface area contributed by atoms with Gasteiger partial charge in [0.1, 0.15) is 0 Å². The fourth-order valence-electron chi connectivity index (χ4n) is 2.99. The van der Waals surface area contributed by atoms with Crippen LogP contribution in [0.5, 0.6) is 0 Å². The van der Waals surface area contributed by atoms with E-state index in [1.165, 1.54) is 6.42 Å². The molecule has 5 heteroatoms. The van der Waals surface area contributed by atoms with E-state index in [1.807, 2.05) is 18.7 Å². The molecule has 5 nitrogen and oxygen atoms in total. The van der Waals surface area contributed by atoms with Crippen molar-refractivity contribution in [3.8, 4) is 0 Å². The normalized spacial score (nSPS) is 24.8. The van der Waals surface area contributed by atoms with E-state index < -0.39 is 0 Å². The summed E-state index contributed by atoms with van der Waals surface area (Å²) in [5, 5.41) is 6.41. The van der Waals surface area contributed by atoms with Gasteiger partial charge in [0.25, 0.3) is 0 Å². The zero-order chi connectivity index (χ0) is 14.5. The van der Waals surface area contributed by atoms with Crippen molar-refractivity contribution in [3.05, 3.63) is 0 Å². The summed E-state index contributed by atoms with van der Waals surface area (Å²) >= 11 is 0. The van der Waals surface area contributed by atoms with Crippen LogP contribution >= 0.6 is 0 Å². The molecule has 0 unspecified atom stereocenters. The molecule has 2 aliphatic rings. The van der Waals surface area contributed by atoms with Crippen LogP contribution < -0.4 is 10.6 Å². The third-order valence-electron chi connectivity index (χ3n) is 4.27. The number of carbonyl (C=O) groups excluding carboxylic acids is 2. The van der Waals surface area contributed by atoms with Crippen LogP contribution in [0.2, 0.25) is 0 Å². The maximum Gasteiger partial charge on any atom is 0.237 e. The number of nitrogens with zero attached hydrogens (tertiary/aromatic N) is 1. The molecule has 114 valence electrons. The molecule has 1 atom stereocenters. The molecule has 0 saturated carbocycles. The van der Waals surface area contributed by atoms with Crippen LogP contribution in [0.4, 0.5) is 0 Å². The van der Waals surface area contributed by atoms with Crippen LogP contribution in [0.15, 0.2) is 0 Å². The molecule has 0 bridgehead atoms. The number of likely N-dealkylation sites (tertiary alicyclic amines) is 1. The molecule has 0 aliphatic carbocycles. The van der Waals surface area contributed by atoms with Gasteiger partial charge in [-0.25, -0.2) is 0 Å². The fraction of sp³-hybridized carbons (Fsp3) is 0.867. The maximum absolute atomic E-state index is 12.1. The average Bonchev–Trinajstić information content (AvgIpc) is 2.48. The van der Waals surface area contributed by atoms with Crippen molar-refractivity contribution >= 4 is 11.8 Å². The van der Waals surface area contributed by atoms with Gasteiger partial charge in [0, 0.05) is 25.0 Å². The van der Waals surface area contributed by atoms with Gasteiger partial charge in [-0.2, -0.15) is 0 Å². The Morgan fingerprint density at radius 2 is 1.85 bits per heavy atom. The Bertz CT molecular complexity index is 343. The van der Waals surface area contributed by atoms with Crippen molar-refractivity contribution in [2.45, 2.75) is 58.0 Å². The first-order chi connectivity index (χ1) is 9.58. The summed E-state index contributed by atoms with van der Waals surface area (Å²) in [5.74, 6) is 0.426. The molecule has 2 N–H and O–H groups in total. The topological polar surface area (TPSA) is 61.4 Å². The summed E-state index contributed by atoms with van der Waals surface area (Å²) in [5.41, 5.74) is 0. The van der Waals surface area contributed by atoms with Gasteiger partial charge in [-0.3, -0.25) is 9.59 Å². The van der Waals surface area contributed by atoms with Crippen molar-refractivity contribution in [2.75, 3.05) is 19.6 Å². The highest BCUT2D eigenvalue weighted by Crippen LogP contribution is 2.14. The SMILES string of the molecule is CC(C)C(=O)N1CCC(NC(=O)[C@@H]2CCCCN2)CC1. The first kappa shape index (κ1) is 15.3. The van der Waals surface area contributed by atoms with Crippen LogP contribution in [-0.2, 0) is 9.59 Å². The van der Waals surface area contributed by atoms with E-state index in [2.05, 4.69) is 10.6 Å². The minimum Gasteiger partial charge on any atom is -0.352 e. The number of amides is 2. The molecule has 2 amide bonds. The second-order valence-corrected chi connectivity index (χ2v) is 6.27. The van der Waals surface area contributed by atoms with Gasteiger partial charge in [0.05, 0.1) is 6.04 Å². The standard InChI is InChI=1S/C15H27N3O2/c1-11(2)15(20)18-9-6-12(7-10-18)17-14(19)13-5-3-4-8-16-13/h11-13,16H,3-10H2,1-2H3,(H,17,19)/t13-/m0/s1. The molecule has 2 saturated heterocycles. The second-order valence-electron chi connectivity index (χ2n) is 6.27. The minimum atomic E-state index is -0.0147. The van der Waals surface area contributed by atoms with E-state index in [4.69, 9.17) is 0 Å². The predicted molar refractivity (Wildman–Crippen MR) is 78.2 cm³/mol. The molecule has 2 heterocycles. The molecule has 20 heavy (non-hydrogen) atoms. The van der Waals surface area contributed by atoms with Crippen LogP contribution in [-0.4, -0.2) is 48.4 Å². The van der Waals surface area contributed by atoms with Crippen molar-refractivity contribution < 1.29 is 9.59 Å². The second kappa shape index (κ2) is 7.07. The lowest BCUT2D eigenvalue weighted by Gasteiger charge is -2.34. The fourth-order valence-corrected chi connectivity index (χ4v) is 2.99. The molecule has 0 aromatic rings. The van der Waals surface area contributed by atoms with Crippen molar-refractivity contribution in [3.63, 3.8) is 0 Å². The van der Waals surface area contributed by atoms with E-state index in [-0.39, 0.29) is 29.8 Å². The highest BCUT2D eigenvalue weighted by Gasteiger charge is 2.27. The first-order valence-electron chi connectivity index (χ1n) is 7.90. The van der Waals surface area contributed by atoms with Gasteiger partial charge in [-0.05, 0) is 32.2 Å².